The summed E-state index contributed by atoms with van der Waals surface area (Å²) in [5.41, 5.74) is -0.375. The van der Waals surface area contributed by atoms with E-state index in [2.05, 4.69) is 25.8 Å². The summed E-state index contributed by atoms with van der Waals surface area (Å²) in [6.07, 6.45) is 5.24. The summed E-state index contributed by atoms with van der Waals surface area (Å²) in [4.78, 5) is 2.33. The lowest BCUT2D eigenvalue weighted by molar-refractivity contribution is 0.00390. The molecular weight excluding hydrogens is 174 g/mol. The second kappa shape index (κ2) is 5.13. The maximum absolute atomic E-state index is 10.4. The fourth-order valence-electron chi connectivity index (χ4n) is 2.31. The Labute approximate surface area is 88.3 Å². The van der Waals surface area contributed by atoms with Crippen LogP contribution in [0.15, 0.2) is 0 Å². The lowest BCUT2D eigenvalue weighted by Crippen LogP contribution is -2.32. The molecule has 1 aliphatic heterocycles. The van der Waals surface area contributed by atoms with Crippen LogP contribution >= 0.6 is 0 Å². The minimum atomic E-state index is -0.375. The van der Waals surface area contributed by atoms with Gasteiger partial charge in [0.05, 0.1) is 5.60 Å². The summed E-state index contributed by atoms with van der Waals surface area (Å²) in [5.74, 6) is 0.656. The fourth-order valence-corrected chi connectivity index (χ4v) is 2.31. The first-order chi connectivity index (χ1) is 6.56. The van der Waals surface area contributed by atoms with E-state index in [0.29, 0.717) is 5.92 Å². The van der Waals surface area contributed by atoms with E-state index in [4.69, 9.17) is 0 Å². The summed E-state index contributed by atoms with van der Waals surface area (Å²) in [6, 6.07) is 0. The smallest absolute Gasteiger partial charge is 0.0663 e. The van der Waals surface area contributed by atoms with Crippen molar-refractivity contribution < 1.29 is 5.11 Å². The highest BCUT2D eigenvalue weighted by atomic mass is 16.3. The molecule has 1 fully saturated rings. The average Bonchev–Trinajstić information content (AvgIpc) is 2.29. The molecule has 2 unspecified atom stereocenters. The van der Waals surface area contributed by atoms with Gasteiger partial charge >= 0.3 is 0 Å². The third-order valence-corrected chi connectivity index (χ3v) is 3.57. The van der Waals surface area contributed by atoms with E-state index < -0.39 is 0 Å². The summed E-state index contributed by atoms with van der Waals surface area (Å²) in [5, 5.41) is 10.4. The van der Waals surface area contributed by atoms with Crippen molar-refractivity contribution in [1.82, 2.24) is 4.90 Å². The van der Waals surface area contributed by atoms with E-state index in [1.807, 2.05) is 0 Å². The summed E-state index contributed by atoms with van der Waals surface area (Å²) < 4.78 is 0. The zero-order valence-electron chi connectivity index (χ0n) is 9.92. The number of rotatable bonds is 3. The van der Waals surface area contributed by atoms with Crippen molar-refractivity contribution in [3.63, 3.8) is 0 Å². The number of hydrogen-bond donors (Lipinski definition) is 1. The highest BCUT2D eigenvalue weighted by Gasteiger charge is 2.30. The highest BCUT2D eigenvalue weighted by molar-refractivity contribution is 4.84. The predicted molar refractivity (Wildman–Crippen MR) is 60.4 cm³/mol. The topological polar surface area (TPSA) is 23.5 Å². The molecular formula is C12H25NO. The van der Waals surface area contributed by atoms with Crippen LogP contribution < -0.4 is 0 Å². The molecule has 1 saturated heterocycles. The first kappa shape index (κ1) is 12.0. The molecule has 0 aromatic heterocycles. The number of hydrogen-bond acceptors (Lipinski definition) is 2. The highest BCUT2D eigenvalue weighted by Crippen LogP contribution is 2.29. The van der Waals surface area contributed by atoms with Crippen molar-refractivity contribution in [1.29, 1.82) is 0 Å². The number of aliphatic hydroxyl groups is 1. The van der Waals surface area contributed by atoms with Crippen molar-refractivity contribution in [2.24, 2.45) is 5.92 Å². The Morgan fingerprint density at radius 3 is 2.71 bits per heavy atom. The van der Waals surface area contributed by atoms with Gasteiger partial charge in [0.15, 0.2) is 0 Å². The van der Waals surface area contributed by atoms with Crippen molar-refractivity contribution in [3.05, 3.63) is 0 Å². The van der Waals surface area contributed by atoms with Gasteiger partial charge in [-0.1, -0.05) is 20.3 Å². The molecule has 2 atom stereocenters. The molecule has 1 aliphatic rings. The SMILES string of the molecule is CCC(C)CC1(O)CCCN(C)CC1. The standard InChI is InChI=1S/C12H25NO/c1-4-11(2)10-12(14)6-5-8-13(3)9-7-12/h11,14H,4-10H2,1-3H3. The Balaban J connectivity index is 2.46. The molecule has 2 nitrogen and oxygen atoms in total. The zero-order valence-corrected chi connectivity index (χ0v) is 9.92. The van der Waals surface area contributed by atoms with Crippen LogP contribution in [-0.2, 0) is 0 Å². The van der Waals surface area contributed by atoms with Crippen LogP contribution in [-0.4, -0.2) is 35.7 Å². The Kier molecular flexibility index (Phi) is 4.39. The molecule has 1 heterocycles. The van der Waals surface area contributed by atoms with Crippen LogP contribution in [0.25, 0.3) is 0 Å². The molecule has 1 rings (SSSR count). The molecule has 0 saturated carbocycles. The minimum absolute atomic E-state index is 0.375. The summed E-state index contributed by atoms with van der Waals surface area (Å²) >= 11 is 0. The van der Waals surface area contributed by atoms with Gasteiger partial charge in [0, 0.05) is 6.54 Å². The van der Waals surface area contributed by atoms with Crippen molar-refractivity contribution in [2.75, 3.05) is 20.1 Å². The Hall–Kier alpha value is -0.0800. The van der Waals surface area contributed by atoms with Gasteiger partial charge in [-0.15, -0.1) is 0 Å². The summed E-state index contributed by atoms with van der Waals surface area (Å²) in [7, 11) is 2.15. The van der Waals surface area contributed by atoms with Gasteiger partial charge in [0.25, 0.3) is 0 Å². The quantitative estimate of drug-likeness (QED) is 0.753. The van der Waals surface area contributed by atoms with E-state index in [0.717, 1.165) is 38.8 Å². The molecule has 0 spiro atoms. The largest absolute Gasteiger partial charge is 0.390 e. The van der Waals surface area contributed by atoms with Gasteiger partial charge in [-0.2, -0.15) is 0 Å². The molecule has 0 bridgehead atoms. The first-order valence-corrected chi connectivity index (χ1v) is 5.96. The number of nitrogens with zero attached hydrogens (tertiary/aromatic N) is 1. The maximum Gasteiger partial charge on any atom is 0.0663 e. The molecule has 0 amide bonds. The molecule has 84 valence electrons. The first-order valence-electron chi connectivity index (χ1n) is 5.96. The van der Waals surface area contributed by atoms with Crippen LogP contribution in [0.5, 0.6) is 0 Å². The third-order valence-electron chi connectivity index (χ3n) is 3.57. The predicted octanol–water partition coefficient (Wildman–Crippen LogP) is 2.27. The molecule has 0 radical (unpaired) electrons. The fraction of sp³-hybridized carbons (Fsp3) is 1.00. The molecule has 14 heavy (non-hydrogen) atoms. The van der Waals surface area contributed by atoms with Crippen molar-refractivity contribution in [3.8, 4) is 0 Å². The van der Waals surface area contributed by atoms with Crippen LogP contribution in [0, 0.1) is 5.92 Å². The molecule has 0 aromatic carbocycles. The number of likely N-dealkylation sites (tertiary alicyclic amines) is 1. The minimum Gasteiger partial charge on any atom is -0.390 e. The van der Waals surface area contributed by atoms with E-state index in [-0.39, 0.29) is 5.60 Å². The Morgan fingerprint density at radius 1 is 1.36 bits per heavy atom. The van der Waals surface area contributed by atoms with Crippen LogP contribution in [0.1, 0.15) is 46.0 Å². The second-order valence-corrected chi connectivity index (χ2v) is 5.10. The maximum atomic E-state index is 10.4. The van der Waals surface area contributed by atoms with Gasteiger partial charge in [-0.3, -0.25) is 0 Å². The molecule has 0 aliphatic carbocycles. The lowest BCUT2D eigenvalue weighted by atomic mass is 9.84. The van der Waals surface area contributed by atoms with Crippen molar-refractivity contribution >= 4 is 0 Å². The monoisotopic (exact) mass is 199 g/mol. The van der Waals surface area contributed by atoms with Crippen LogP contribution in [0.2, 0.25) is 0 Å². The third kappa shape index (κ3) is 3.58. The van der Waals surface area contributed by atoms with E-state index >= 15 is 0 Å². The molecule has 2 heteroatoms. The van der Waals surface area contributed by atoms with Gasteiger partial charge in [-0.25, -0.2) is 0 Å². The van der Waals surface area contributed by atoms with Crippen LogP contribution in [0.3, 0.4) is 0 Å². The Morgan fingerprint density at radius 2 is 2.07 bits per heavy atom. The van der Waals surface area contributed by atoms with E-state index in [1.54, 1.807) is 0 Å². The van der Waals surface area contributed by atoms with Gasteiger partial charge in [-0.05, 0) is 45.2 Å². The average molecular weight is 199 g/mol. The normalized spacial score (nSPS) is 32.6. The van der Waals surface area contributed by atoms with E-state index in [1.165, 1.54) is 6.42 Å². The van der Waals surface area contributed by atoms with Gasteiger partial charge in [0.2, 0.25) is 0 Å². The van der Waals surface area contributed by atoms with Gasteiger partial charge in [0.1, 0.15) is 0 Å². The second-order valence-electron chi connectivity index (χ2n) is 5.10. The van der Waals surface area contributed by atoms with Crippen molar-refractivity contribution in [2.45, 2.75) is 51.6 Å². The van der Waals surface area contributed by atoms with E-state index in [9.17, 15) is 5.11 Å². The molecule has 1 N–H and O–H groups in total. The van der Waals surface area contributed by atoms with Crippen LogP contribution in [0.4, 0.5) is 0 Å². The van der Waals surface area contributed by atoms with Gasteiger partial charge < -0.3 is 10.0 Å². The molecule has 0 aromatic rings. The summed E-state index contributed by atoms with van der Waals surface area (Å²) in [6.45, 7) is 6.64. The zero-order chi connectivity index (χ0) is 10.6. The lowest BCUT2D eigenvalue weighted by Gasteiger charge is -2.29. The Bertz CT molecular complexity index is 172.